The van der Waals surface area contributed by atoms with Crippen molar-refractivity contribution < 1.29 is 13.2 Å². The smallest absolute Gasteiger partial charge is 0.253 e. The average molecular weight is 411 g/mol. The summed E-state index contributed by atoms with van der Waals surface area (Å²) in [6, 6.07) is 7.42. The molecule has 28 heavy (non-hydrogen) atoms. The number of amides is 1. The van der Waals surface area contributed by atoms with Gasteiger partial charge >= 0.3 is 0 Å². The molecular formula is C20H34N4O3S. The first-order valence-electron chi connectivity index (χ1n) is 9.44. The quantitative estimate of drug-likeness (QED) is 0.479. The number of guanidine groups is 1. The highest BCUT2D eigenvalue weighted by Gasteiger charge is 2.20. The van der Waals surface area contributed by atoms with Crippen LogP contribution in [-0.2, 0) is 16.4 Å². The van der Waals surface area contributed by atoms with Crippen LogP contribution in [0, 0.1) is 5.41 Å². The van der Waals surface area contributed by atoms with Gasteiger partial charge in [-0.3, -0.25) is 4.79 Å². The molecule has 0 unspecified atom stereocenters. The average Bonchev–Trinajstić information content (AvgIpc) is 2.62. The number of carbonyl (C=O) groups excluding carboxylic acids is 1. The Hall–Kier alpha value is -2.09. The summed E-state index contributed by atoms with van der Waals surface area (Å²) in [6.07, 6.45) is 1.85. The number of hydrogen-bond acceptors (Lipinski definition) is 4. The molecule has 2 N–H and O–H groups in total. The summed E-state index contributed by atoms with van der Waals surface area (Å²) in [7, 11) is 0.489. The zero-order chi connectivity index (χ0) is 21.4. The molecule has 1 aromatic carbocycles. The third-order valence-corrected chi connectivity index (χ3v) is 5.20. The molecule has 0 aliphatic rings. The lowest BCUT2D eigenvalue weighted by atomic mass is 9.90. The van der Waals surface area contributed by atoms with Gasteiger partial charge < -0.3 is 15.5 Å². The highest BCUT2D eigenvalue weighted by atomic mass is 32.2. The maximum atomic E-state index is 11.9. The number of nitrogens with one attached hydrogen (secondary N) is 2. The topological polar surface area (TPSA) is 90.9 Å². The molecule has 1 rings (SSSR count). The molecule has 0 atom stereocenters. The van der Waals surface area contributed by atoms with Gasteiger partial charge in [0.15, 0.2) is 5.96 Å². The van der Waals surface area contributed by atoms with Crippen LogP contribution < -0.4 is 10.6 Å². The zero-order valence-electron chi connectivity index (χ0n) is 17.9. The molecule has 0 aromatic heterocycles. The van der Waals surface area contributed by atoms with Crippen molar-refractivity contribution in [2.45, 2.75) is 33.7 Å². The standard InChI is InChI=1S/C20H34N4O3S/c1-7-21-19(23-15-20(2,3)12-13-28(6,26)27)22-14-16-8-10-17(11-9-16)18(25)24(4)5/h8-11H,7,12-15H2,1-6H3,(H2,21,22,23). The van der Waals surface area contributed by atoms with E-state index in [1.807, 2.05) is 45.0 Å². The second-order valence-corrected chi connectivity index (χ2v) is 10.2. The molecular weight excluding hydrogens is 376 g/mol. The molecule has 0 saturated heterocycles. The highest BCUT2D eigenvalue weighted by Crippen LogP contribution is 2.19. The molecule has 8 heteroatoms. The van der Waals surface area contributed by atoms with E-state index in [1.54, 1.807) is 19.0 Å². The molecule has 0 aliphatic carbocycles. The summed E-state index contributed by atoms with van der Waals surface area (Å²) >= 11 is 0. The molecule has 158 valence electrons. The van der Waals surface area contributed by atoms with Crippen LogP contribution >= 0.6 is 0 Å². The maximum Gasteiger partial charge on any atom is 0.253 e. The third kappa shape index (κ3) is 9.21. The zero-order valence-corrected chi connectivity index (χ0v) is 18.7. The number of carbonyl (C=O) groups is 1. The van der Waals surface area contributed by atoms with E-state index in [1.165, 1.54) is 6.26 Å². The van der Waals surface area contributed by atoms with Crippen molar-refractivity contribution in [2.24, 2.45) is 10.4 Å². The fourth-order valence-corrected chi connectivity index (χ4v) is 3.32. The van der Waals surface area contributed by atoms with E-state index in [0.29, 0.717) is 31.0 Å². The Morgan fingerprint density at radius 1 is 1.14 bits per heavy atom. The predicted octanol–water partition coefficient (Wildman–Crippen LogP) is 1.90. The van der Waals surface area contributed by atoms with E-state index in [2.05, 4.69) is 15.6 Å². The first-order chi connectivity index (χ1) is 12.9. The second kappa shape index (κ2) is 10.5. The molecule has 0 aliphatic heterocycles. The lowest BCUT2D eigenvalue weighted by Gasteiger charge is -2.25. The molecule has 0 saturated carbocycles. The Balaban J connectivity index is 2.70. The summed E-state index contributed by atoms with van der Waals surface area (Å²) in [6.45, 7) is 7.89. The first-order valence-corrected chi connectivity index (χ1v) is 11.5. The minimum Gasteiger partial charge on any atom is -0.357 e. The summed E-state index contributed by atoms with van der Waals surface area (Å²) in [5, 5.41) is 6.50. The number of rotatable bonds is 9. The fraction of sp³-hybridized carbons (Fsp3) is 0.600. The van der Waals surface area contributed by atoms with Crippen molar-refractivity contribution in [3.63, 3.8) is 0 Å². The minimum absolute atomic E-state index is 0.0265. The van der Waals surface area contributed by atoms with Crippen LogP contribution in [0.25, 0.3) is 0 Å². The van der Waals surface area contributed by atoms with Gasteiger partial charge in [-0.05, 0) is 36.5 Å². The largest absolute Gasteiger partial charge is 0.357 e. The van der Waals surface area contributed by atoms with Crippen LogP contribution in [-0.4, -0.2) is 64.4 Å². The Bertz CT molecular complexity index is 769. The van der Waals surface area contributed by atoms with Gasteiger partial charge in [-0.25, -0.2) is 13.4 Å². The van der Waals surface area contributed by atoms with Gasteiger partial charge in [-0.1, -0.05) is 26.0 Å². The maximum absolute atomic E-state index is 11.9. The van der Waals surface area contributed by atoms with Crippen molar-refractivity contribution in [3.05, 3.63) is 35.4 Å². The van der Waals surface area contributed by atoms with Crippen LogP contribution in [0.1, 0.15) is 43.1 Å². The minimum atomic E-state index is -2.97. The van der Waals surface area contributed by atoms with E-state index < -0.39 is 9.84 Å². The fourth-order valence-electron chi connectivity index (χ4n) is 2.40. The van der Waals surface area contributed by atoms with Gasteiger partial charge in [0.05, 0.1) is 12.3 Å². The van der Waals surface area contributed by atoms with E-state index in [9.17, 15) is 13.2 Å². The Morgan fingerprint density at radius 3 is 2.25 bits per heavy atom. The van der Waals surface area contributed by atoms with E-state index in [4.69, 9.17) is 0 Å². The number of hydrogen-bond donors (Lipinski definition) is 2. The highest BCUT2D eigenvalue weighted by molar-refractivity contribution is 7.90. The Labute approximate surface area is 169 Å². The molecule has 0 spiro atoms. The van der Waals surface area contributed by atoms with Crippen molar-refractivity contribution in [2.75, 3.05) is 39.2 Å². The number of sulfone groups is 1. The second-order valence-electron chi connectivity index (χ2n) is 7.99. The van der Waals surface area contributed by atoms with Crippen molar-refractivity contribution in [1.29, 1.82) is 0 Å². The molecule has 1 aromatic rings. The molecule has 1 amide bonds. The summed E-state index contributed by atoms with van der Waals surface area (Å²) in [5.41, 5.74) is 1.48. The molecule has 0 bridgehead atoms. The third-order valence-electron chi connectivity index (χ3n) is 4.26. The number of nitrogens with zero attached hydrogens (tertiary/aromatic N) is 2. The molecule has 0 fully saturated rings. The van der Waals surface area contributed by atoms with Gasteiger partial charge in [0.1, 0.15) is 9.84 Å². The number of benzene rings is 1. The van der Waals surface area contributed by atoms with Crippen LogP contribution in [0.15, 0.2) is 29.3 Å². The van der Waals surface area contributed by atoms with Crippen LogP contribution in [0.3, 0.4) is 0 Å². The lowest BCUT2D eigenvalue weighted by Crippen LogP contribution is -2.42. The Morgan fingerprint density at radius 2 is 1.75 bits per heavy atom. The number of aliphatic imine (C=N–C) groups is 1. The van der Waals surface area contributed by atoms with Gasteiger partial charge in [-0.15, -0.1) is 0 Å². The lowest BCUT2D eigenvalue weighted by molar-refractivity contribution is 0.0827. The predicted molar refractivity (Wildman–Crippen MR) is 115 cm³/mol. The van der Waals surface area contributed by atoms with Crippen molar-refractivity contribution >= 4 is 21.7 Å². The summed E-state index contributed by atoms with van der Waals surface area (Å²) in [5.74, 6) is 0.831. The molecule has 0 radical (unpaired) electrons. The van der Waals surface area contributed by atoms with Gasteiger partial charge in [0.2, 0.25) is 0 Å². The normalized spacial score (nSPS) is 12.6. The van der Waals surface area contributed by atoms with E-state index in [-0.39, 0.29) is 17.1 Å². The summed E-state index contributed by atoms with van der Waals surface area (Å²) < 4.78 is 22.8. The SMILES string of the molecule is CCNC(=NCc1ccc(C(=O)N(C)C)cc1)NCC(C)(C)CCS(C)(=O)=O. The van der Waals surface area contributed by atoms with Crippen molar-refractivity contribution in [1.82, 2.24) is 15.5 Å². The Kier molecular flexibility index (Phi) is 8.94. The monoisotopic (exact) mass is 410 g/mol. The van der Waals surface area contributed by atoms with Gasteiger partial charge in [0.25, 0.3) is 5.91 Å². The van der Waals surface area contributed by atoms with Gasteiger partial charge in [0, 0.05) is 39.0 Å². The first kappa shape index (κ1) is 23.9. The van der Waals surface area contributed by atoms with Crippen LogP contribution in [0.4, 0.5) is 0 Å². The van der Waals surface area contributed by atoms with Crippen LogP contribution in [0.2, 0.25) is 0 Å². The summed E-state index contributed by atoms with van der Waals surface area (Å²) in [4.78, 5) is 18.1. The van der Waals surface area contributed by atoms with Gasteiger partial charge in [-0.2, -0.15) is 0 Å². The van der Waals surface area contributed by atoms with E-state index >= 15 is 0 Å². The molecule has 7 nitrogen and oxygen atoms in total. The molecule has 0 heterocycles. The van der Waals surface area contributed by atoms with E-state index in [0.717, 1.165) is 12.1 Å². The van der Waals surface area contributed by atoms with Crippen molar-refractivity contribution in [3.8, 4) is 0 Å². The van der Waals surface area contributed by atoms with Crippen LogP contribution in [0.5, 0.6) is 0 Å².